The van der Waals surface area contributed by atoms with Gasteiger partial charge in [-0.25, -0.2) is 4.79 Å². The summed E-state index contributed by atoms with van der Waals surface area (Å²) in [6.45, 7) is 1.60. The average Bonchev–Trinajstić information content (AvgIpc) is 3.20. The molecule has 0 unspecified atom stereocenters. The summed E-state index contributed by atoms with van der Waals surface area (Å²) < 4.78 is 51.2. The molecular weight excluding hydrogens is 495 g/mol. The number of fused-ring (bicyclic) bond motifs is 1. The van der Waals surface area contributed by atoms with Crippen molar-refractivity contribution in [3.05, 3.63) is 68.9 Å². The first-order valence-electron chi connectivity index (χ1n) is 11.2. The molecule has 3 rings (SSSR count). The van der Waals surface area contributed by atoms with Crippen LogP contribution in [0.5, 0.6) is 17.5 Å². The standard InChI is InChI=1S/C24H24F3N5O5/c1-3-16(15-28)8-4-5-11-31-19-20(30(2)23(35)32(21(19)34)12-7-13-33)29-22(31)36-17-9-6-10-18(14-17)37-24(25,26)27/h3-4,6,8-10,14,33H,5,7,11-13H2,1-2H3/b8-4-,16-3+. The number of nitriles is 1. The summed E-state index contributed by atoms with van der Waals surface area (Å²) >= 11 is 0. The van der Waals surface area contributed by atoms with Crippen LogP contribution in [0.3, 0.4) is 0 Å². The third-order valence-electron chi connectivity index (χ3n) is 5.24. The molecular formula is C24H24F3N5O5. The maximum Gasteiger partial charge on any atom is 0.573 e. The Hall–Kier alpha value is -4.31. The predicted octanol–water partition coefficient (Wildman–Crippen LogP) is 3.39. The minimum absolute atomic E-state index is 0.0168. The number of allylic oxidation sites excluding steroid dienone is 4. The van der Waals surface area contributed by atoms with Gasteiger partial charge in [0.05, 0.1) is 6.07 Å². The van der Waals surface area contributed by atoms with E-state index < -0.39 is 23.4 Å². The molecule has 3 aromatic rings. The lowest BCUT2D eigenvalue weighted by Gasteiger charge is -2.12. The summed E-state index contributed by atoms with van der Waals surface area (Å²) in [5, 5.41) is 18.2. The highest BCUT2D eigenvalue weighted by Gasteiger charge is 2.31. The number of nitrogens with zero attached hydrogens (tertiary/aromatic N) is 5. The highest BCUT2D eigenvalue weighted by atomic mass is 19.4. The molecule has 37 heavy (non-hydrogen) atoms. The van der Waals surface area contributed by atoms with E-state index in [1.165, 1.54) is 23.7 Å². The van der Waals surface area contributed by atoms with E-state index in [4.69, 9.17) is 15.1 Å². The number of aryl methyl sites for hydroxylation is 2. The van der Waals surface area contributed by atoms with Crippen molar-refractivity contribution in [1.82, 2.24) is 18.7 Å². The van der Waals surface area contributed by atoms with E-state index in [-0.39, 0.29) is 49.0 Å². The number of halogens is 3. The van der Waals surface area contributed by atoms with Gasteiger partial charge in [-0.2, -0.15) is 10.2 Å². The molecule has 0 aliphatic heterocycles. The van der Waals surface area contributed by atoms with Gasteiger partial charge in [0.15, 0.2) is 11.2 Å². The Kier molecular flexibility index (Phi) is 8.56. The van der Waals surface area contributed by atoms with Crippen molar-refractivity contribution in [2.45, 2.75) is 39.2 Å². The summed E-state index contributed by atoms with van der Waals surface area (Å²) in [7, 11) is 1.42. The molecule has 0 atom stereocenters. The average molecular weight is 519 g/mol. The zero-order valence-corrected chi connectivity index (χ0v) is 20.0. The van der Waals surface area contributed by atoms with Gasteiger partial charge < -0.3 is 14.6 Å². The van der Waals surface area contributed by atoms with Crippen LogP contribution in [0.1, 0.15) is 19.8 Å². The molecule has 2 aromatic heterocycles. The predicted molar refractivity (Wildman–Crippen MR) is 127 cm³/mol. The van der Waals surface area contributed by atoms with Crippen LogP contribution in [-0.4, -0.2) is 36.8 Å². The fourth-order valence-corrected chi connectivity index (χ4v) is 3.52. The van der Waals surface area contributed by atoms with Crippen molar-refractivity contribution in [1.29, 1.82) is 5.26 Å². The van der Waals surface area contributed by atoms with E-state index in [9.17, 15) is 22.8 Å². The topological polar surface area (TPSA) is 124 Å². The lowest BCUT2D eigenvalue weighted by Crippen LogP contribution is -2.39. The van der Waals surface area contributed by atoms with Crippen LogP contribution >= 0.6 is 0 Å². The second-order valence-electron chi connectivity index (χ2n) is 7.77. The second-order valence-corrected chi connectivity index (χ2v) is 7.77. The van der Waals surface area contributed by atoms with Crippen LogP contribution in [0.2, 0.25) is 0 Å². The van der Waals surface area contributed by atoms with Gasteiger partial charge in [-0.15, -0.1) is 13.2 Å². The summed E-state index contributed by atoms with van der Waals surface area (Å²) in [5.74, 6) is -0.551. The van der Waals surface area contributed by atoms with Crippen molar-refractivity contribution >= 4 is 11.2 Å². The largest absolute Gasteiger partial charge is 0.573 e. The minimum atomic E-state index is -4.90. The van der Waals surface area contributed by atoms with Gasteiger partial charge in [-0.1, -0.05) is 18.2 Å². The summed E-state index contributed by atoms with van der Waals surface area (Å²) in [6, 6.07) is 6.68. The Labute approximate surface area is 208 Å². The van der Waals surface area contributed by atoms with E-state index in [1.807, 2.05) is 6.07 Å². The van der Waals surface area contributed by atoms with Crippen LogP contribution < -0.4 is 20.7 Å². The molecule has 0 saturated carbocycles. The first-order valence-corrected chi connectivity index (χ1v) is 11.2. The molecule has 2 heterocycles. The van der Waals surface area contributed by atoms with Gasteiger partial charge in [-0.05, 0) is 38.0 Å². The van der Waals surface area contributed by atoms with E-state index in [2.05, 4.69) is 9.72 Å². The fraction of sp³-hybridized carbons (Fsp3) is 0.333. The van der Waals surface area contributed by atoms with Crippen LogP contribution in [0, 0.1) is 11.3 Å². The lowest BCUT2D eigenvalue weighted by atomic mass is 10.2. The monoisotopic (exact) mass is 519 g/mol. The molecule has 0 radical (unpaired) electrons. The van der Waals surface area contributed by atoms with Gasteiger partial charge in [0, 0.05) is 38.4 Å². The molecule has 0 spiro atoms. The number of aliphatic hydroxyl groups is 1. The summed E-state index contributed by atoms with van der Waals surface area (Å²) in [6.07, 6.45) is 0.545. The highest BCUT2D eigenvalue weighted by molar-refractivity contribution is 5.72. The smallest absolute Gasteiger partial charge is 0.425 e. The third kappa shape index (κ3) is 6.47. The van der Waals surface area contributed by atoms with E-state index in [1.54, 1.807) is 25.2 Å². The lowest BCUT2D eigenvalue weighted by molar-refractivity contribution is -0.274. The Bertz CT molecular complexity index is 1490. The van der Waals surface area contributed by atoms with Crippen molar-refractivity contribution in [3.8, 4) is 23.6 Å². The molecule has 196 valence electrons. The Morgan fingerprint density at radius 1 is 1.22 bits per heavy atom. The Morgan fingerprint density at radius 2 is 1.95 bits per heavy atom. The van der Waals surface area contributed by atoms with E-state index >= 15 is 0 Å². The molecule has 0 aliphatic carbocycles. The van der Waals surface area contributed by atoms with Crippen molar-refractivity contribution < 1.29 is 27.8 Å². The second kappa shape index (κ2) is 11.6. The number of ether oxygens (including phenoxy) is 2. The first kappa shape index (κ1) is 27.3. The fourth-order valence-electron chi connectivity index (χ4n) is 3.52. The number of imidazole rings is 1. The van der Waals surface area contributed by atoms with Gasteiger partial charge in [0.1, 0.15) is 11.5 Å². The van der Waals surface area contributed by atoms with Gasteiger partial charge in [0.25, 0.3) is 5.56 Å². The van der Waals surface area contributed by atoms with E-state index in [0.717, 1.165) is 21.3 Å². The first-order chi connectivity index (χ1) is 17.6. The molecule has 0 bridgehead atoms. The van der Waals surface area contributed by atoms with Crippen molar-refractivity contribution in [2.75, 3.05) is 6.61 Å². The molecule has 0 amide bonds. The molecule has 0 saturated heterocycles. The van der Waals surface area contributed by atoms with Crippen LogP contribution in [0.15, 0.2) is 57.7 Å². The number of hydrogen-bond donors (Lipinski definition) is 1. The van der Waals surface area contributed by atoms with Crippen molar-refractivity contribution in [2.24, 2.45) is 7.05 Å². The Balaban J connectivity index is 2.11. The molecule has 1 N–H and O–H groups in total. The summed E-state index contributed by atoms with van der Waals surface area (Å²) in [4.78, 5) is 30.3. The number of alkyl halides is 3. The molecule has 10 nitrogen and oxygen atoms in total. The quantitative estimate of drug-likeness (QED) is 0.322. The van der Waals surface area contributed by atoms with E-state index in [0.29, 0.717) is 12.0 Å². The zero-order valence-electron chi connectivity index (χ0n) is 20.0. The number of aromatic nitrogens is 4. The van der Waals surface area contributed by atoms with Gasteiger partial charge in [0.2, 0.25) is 0 Å². The van der Waals surface area contributed by atoms with Gasteiger partial charge in [-0.3, -0.25) is 18.5 Å². The number of hydrogen-bond acceptors (Lipinski definition) is 7. The third-order valence-corrected chi connectivity index (χ3v) is 5.24. The molecule has 1 aromatic carbocycles. The minimum Gasteiger partial charge on any atom is -0.425 e. The SMILES string of the molecule is C/C=C(C#N)\C=C/CCn1c(Oc2cccc(OC(F)(F)F)c2)nc2c1c(=O)n(CCCO)c(=O)n2C. The Morgan fingerprint density at radius 3 is 2.59 bits per heavy atom. The normalized spacial score (nSPS) is 12.3. The zero-order chi connectivity index (χ0) is 27.2. The van der Waals surface area contributed by atoms with Crippen LogP contribution in [-0.2, 0) is 20.1 Å². The number of aliphatic hydroxyl groups excluding tert-OH is 1. The van der Waals surface area contributed by atoms with Crippen molar-refractivity contribution in [3.63, 3.8) is 0 Å². The number of benzene rings is 1. The maximum atomic E-state index is 13.3. The maximum absolute atomic E-state index is 13.3. The summed E-state index contributed by atoms with van der Waals surface area (Å²) in [5.41, 5.74) is -0.810. The molecule has 0 aliphatic rings. The number of rotatable bonds is 10. The van der Waals surface area contributed by atoms with Gasteiger partial charge >= 0.3 is 18.1 Å². The van der Waals surface area contributed by atoms with Crippen LogP contribution in [0.4, 0.5) is 13.2 Å². The molecule has 0 fully saturated rings. The highest BCUT2D eigenvalue weighted by Crippen LogP contribution is 2.30. The molecule has 13 heteroatoms. The van der Waals surface area contributed by atoms with Crippen LogP contribution in [0.25, 0.3) is 11.2 Å².